The van der Waals surface area contributed by atoms with E-state index >= 15 is 0 Å². The van der Waals surface area contributed by atoms with Gasteiger partial charge in [-0.3, -0.25) is 14.6 Å². The highest BCUT2D eigenvalue weighted by Gasteiger charge is 2.29. The van der Waals surface area contributed by atoms with E-state index < -0.39 is 0 Å². The molecule has 1 aliphatic heterocycles. The number of rotatable bonds is 10. The van der Waals surface area contributed by atoms with Crippen LogP contribution >= 0.6 is 0 Å². The van der Waals surface area contributed by atoms with Crippen LogP contribution < -0.4 is 16.0 Å². The lowest BCUT2D eigenvalue weighted by Gasteiger charge is -2.18. The van der Waals surface area contributed by atoms with Crippen LogP contribution in [0, 0.1) is 5.92 Å². The number of aliphatic imine (C=N–C) groups is 1. The van der Waals surface area contributed by atoms with E-state index in [1.54, 1.807) is 7.05 Å². The monoisotopic (exact) mass is 401 g/mol. The van der Waals surface area contributed by atoms with Gasteiger partial charge in [0.1, 0.15) is 0 Å². The number of nitrogens with zero attached hydrogens (tertiary/aromatic N) is 2. The smallest absolute Gasteiger partial charge is 0.223 e. The molecule has 1 aromatic rings. The van der Waals surface area contributed by atoms with Crippen LogP contribution in [-0.2, 0) is 16.0 Å². The Morgan fingerprint density at radius 1 is 1.28 bits per heavy atom. The van der Waals surface area contributed by atoms with Gasteiger partial charge in [-0.25, -0.2) is 0 Å². The van der Waals surface area contributed by atoms with Crippen molar-refractivity contribution >= 4 is 17.8 Å². The Hall–Kier alpha value is -2.57. The average Bonchev–Trinajstić information content (AvgIpc) is 3.09. The molecule has 2 rings (SSSR count). The lowest BCUT2D eigenvalue weighted by atomic mass is 10.1. The van der Waals surface area contributed by atoms with Crippen molar-refractivity contribution < 1.29 is 9.59 Å². The van der Waals surface area contributed by atoms with Gasteiger partial charge in [0.15, 0.2) is 5.96 Å². The number of likely N-dealkylation sites (tertiary alicyclic amines) is 1. The second-order valence-corrected chi connectivity index (χ2v) is 7.65. The maximum Gasteiger partial charge on any atom is 0.223 e. The topological polar surface area (TPSA) is 85.8 Å². The summed E-state index contributed by atoms with van der Waals surface area (Å²) in [6, 6.07) is 10.5. The molecular formula is C22H35N5O2. The molecule has 2 amide bonds. The maximum absolute atomic E-state index is 12.3. The van der Waals surface area contributed by atoms with E-state index in [-0.39, 0.29) is 23.8 Å². The van der Waals surface area contributed by atoms with Gasteiger partial charge in [0.05, 0.1) is 0 Å². The zero-order chi connectivity index (χ0) is 21.1. The van der Waals surface area contributed by atoms with E-state index in [2.05, 4.69) is 33.1 Å². The predicted molar refractivity (Wildman–Crippen MR) is 117 cm³/mol. The fourth-order valence-corrected chi connectivity index (χ4v) is 3.32. The molecule has 7 heteroatoms. The second-order valence-electron chi connectivity index (χ2n) is 7.65. The molecule has 0 aliphatic carbocycles. The normalized spacial score (nSPS) is 17.9. The zero-order valence-electron chi connectivity index (χ0n) is 17.9. The molecule has 1 aromatic carbocycles. The number of hydrogen-bond donors (Lipinski definition) is 3. The molecule has 2 atom stereocenters. The number of amides is 2. The Labute approximate surface area is 174 Å². The molecule has 0 saturated carbocycles. The van der Waals surface area contributed by atoms with Crippen LogP contribution in [0.3, 0.4) is 0 Å². The lowest BCUT2D eigenvalue weighted by Crippen LogP contribution is -2.42. The first kappa shape index (κ1) is 22.7. The molecule has 0 radical (unpaired) electrons. The Morgan fingerprint density at radius 2 is 2.03 bits per heavy atom. The van der Waals surface area contributed by atoms with Gasteiger partial charge >= 0.3 is 0 Å². The molecule has 1 heterocycles. The van der Waals surface area contributed by atoms with Crippen molar-refractivity contribution in [1.82, 2.24) is 20.9 Å². The summed E-state index contributed by atoms with van der Waals surface area (Å²) in [6.45, 7) is 6.79. The minimum absolute atomic E-state index is 0.0396. The van der Waals surface area contributed by atoms with Crippen molar-refractivity contribution in [3.05, 3.63) is 35.9 Å². The number of guanidine groups is 1. The highest BCUT2D eigenvalue weighted by molar-refractivity contribution is 5.82. The molecule has 7 nitrogen and oxygen atoms in total. The average molecular weight is 402 g/mol. The van der Waals surface area contributed by atoms with E-state index in [9.17, 15) is 9.59 Å². The molecule has 160 valence electrons. The molecule has 0 aromatic heterocycles. The van der Waals surface area contributed by atoms with Crippen molar-refractivity contribution in [2.45, 2.75) is 45.6 Å². The van der Waals surface area contributed by atoms with Crippen LogP contribution in [0.1, 0.15) is 38.7 Å². The first-order valence-corrected chi connectivity index (χ1v) is 10.6. The summed E-state index contributed by atoms with van der Waals surface area (Å²) in [5.74, 6) is 1.19. The minimum Gasteiger partial charge on any atom is -0.356 e. The van der Waals surface area contributed by atoms with Gasteiger partial charge in [0.25, 0.3) is 0 Å². The largest absolute Gasteiger partial charge is 0.356 e. The third kappa shape index (κ3) is 8.13. The molecule has 3 N–H and O–H groups in total. The zero-order valence-corrected chi connectivity index (χ0v) is 17.9. The van der Waals surface area contributed by atoms with Gasteiger partial charge in [0.2, 0.25) is 11.8 Å². The Kier molecular flexibility index (Phi) is 9.47. The Balaban J connectivity index is 1.66. The van der Waals surface area contributed by atoms with Crippen molar-refractivity contribution in [2.24, 2.45) is 10.9 Å². The van der Waals surface area contributed by atoms with Crippen LogP contribution in [0.4, 0.5) is 0 Å². The molecule has 2 unspecified atom stereocenters. The van der Waals surface area contributed by atoms with Crippen LogP contribution in [0.2, 0.25) is 0 Å². The first-order chi connectivity index (χ1) is 14.0. The molecule has 1 aliphatic rings. The summed E-state index contributed by atoms with van der Waals surface area (Å²) >= 11 is 0. The summed E-state index contributed by atoms with van der Waals surface area (Å²) in [6.07, 6.45) is 2.77. The SMILES string of the molecule is CCC(C)NC(=O)CCNC(=NC)NCC1CC(=O)N(CCc2ccccc2)C1. The summed E-state index contributed by atoms with van der Waals surface area (Å²) < 4.78 is 0. The highest BCUT2D eigenvalue weighted by atomic mass is 16.2. The van der Waals surface area contributed by atoms with E-state index in [1.165, 1.54) is 5.56 Å². The minimum atomic E-state index is 0.0396. The van der Waals surface area contributed by atoms with E-state index in [0.717, 1.165) is 25.9 Å². The Bertz CT molecular complexity index is 677. The molecule has 0 bridgehead atoms. The fraction of sp³-hybridized carbons (Fsp3) is 0.591. The molecular weight excluding hydrogens is 366 g/mol. The van der Waals surface area contributed by atoms with Crippen LogP contribution in [0.15, 0.2) is 35.3 Å². The molecule has 1 saturated heterocycles. The van der Waals surface area contributed by atoms with Gasteiger partial charge in [-0.05, 0) is 25.3 Å². The van der Waals surface area contributed by atoms with E-state index in [1.807, 2.05) is 36.9 Å². The second kappa shape index (κ2) is 12.1. The number of carbonyl (C=O) groups excluding carboxylic acids is 2. The van der Waals surface area contributed by atoms with Crippen molar-refractivity contribution in [1.29, 1.82) is 0 Å². The van der Waals surface area contributed by atoms with Crippen LogP contribution in [-0.4, -0.2) is 61.9 Å². The summed E-state index contributed by atoms with van der Waals surface area (Å²) in [7, 11) is 1.71. The number of benzene rings is 1. The third-order valence-electron chi connectivity index (χ3n) is 5.25. The van der Waals surface area contributed by atoms with Gasteiger partial charge in [-0.15, -0.1) is 0 Å². The highest BCUT2D eigenvalue weighted by Crippen LogP contribution is 2.17. The maximum atomic E-state index is 12.3. The van der Waals surface area contributed by atoms with Gasteiger partial charge in [-0.2, -0.15) is 0 Å². The van der Waals surface area contributed by atoms with Crippen molar-refractivity contribution in [3.8, 4) is 0 Å². The Morgan fingerprint density at radius 3 is 2.72 bits per heavy atom. The molecule has 0 spiro atoms. The number of carbonyl (C=O) groups is 2. The van der Waals surface area contributed by atoms with Gasteiger partial charge in [0, 0.05) is 58.0 Å². The van der Waals surface area contributed by atoms with E-state index in [0.29, 0.717) is 31.9 Å². The third-order valence-corrected chi connectivity index (χ3v) is 5.25. The molecule has 29 heavy (non-hydrogen) atoms. The summed E-state index contributed by atoms with van der Waals surface area (Å²) in [5.41, 5.74) is 1.25. The summed E-state index contributed by atoms with van der Waals surface area (Å²) in [4.78, 5) is 30.3. The van der Waals surface area contributed by atoms with Crippen LogP contribution in [0.5, 0.6) is 0 Å². The molecule has 1 fully saturated rings. The van der Waals surface area contributed by atoms with Gasteiger partial charge < -0.3 is 20.9 Å². The number of nitrogens with one attached hydrogen (secondary N) is 3. The van der Waals surface area contributed by atoms with Crippen molar-refractivity contribution in [3.63, 3.8) is 0 Å². The standard InChI is InChI=1S/C22H35N5O2/c1-4-17(2)26-20(28)10-12-24-22(23-3)25-15-19-14-21(29)27(16-19)13-11-18-8-6-5-7-9-18/h5-9,17,19H,4,10-16H2,1-3H3,(H,26,28)(H2,23,24,25). The fourth-order valence-electron chi connectivity index (χ4n) is 3.32. The number of hydrogen-bond acceptors (Lipinski definition) is 3. The van der Waals surface area contributed by atoms with E-state index in [4.69, 9.17) is 0 Å². The summed E-state index contributed by atoms with van der Waals surface area (Å²) in [5, 5.41) is 9.39. The van der Waals surface area contributed by atoms with Crippen LogP contribution in [0.25, 0.3) is 0 Å². The first-order valence-electron chi connectivity index (χ1n) is 10.6. The quantitative estimate of drug-likeness (QED) is 0.410. The van der Waals surface area contributed by atoms with Gasteiger partial charge in [-0.1, -0.05) is 37.3 Å². The lowest BCUT2D eigenvalue weighted by molar-refractivity contribution is -0.127. The van der Waals surface area contributed by atoms with Crippen molar-refractivity contribution in [2.75, 3.05) is 33.2 Å². The predicted octanol–water partition coefficient (Wildman–Crippen LogP) is 1.55.